The number of methoxy groups -OCH3 is 4. The molecule has 4 unspecified atom stereocenters. The Labute approximate surface area is 373 Å². The zero-order valence-corrected chi connectivity index (χ0v) is 37.0. The number of hydrogen-bond donors (Lipinski definition) is 1. The molecule has 2 aliphatic heterocycles. The lowest BCUT2D eigenvalue weighted by molar-refractivity contribution is 0.0473. The molecule has 12 nitrogen and oxygen atoms in total. The van der Waals surface area contributed by atoms with Crippen molar-refractivity contribution in [1.82, 2.24) is 19.9 Å². The van der Waals surface area contributed by atoms with E-state index < -0.39 is 6.10 Å². The number of aliphatic hydroxyl groups is 1. The molecule has 4 atom stereocenters. The van der Waals surface area contributed by atoms with E-state index >= 15 is 0 Å². The molecule has 2 fully saturated rings. The highest BCUT2D eigenvalue weighted by molar-refractivity contribution is 5.93. The smallest absolute Gasteiger partial charge is 0.162 e. The van der Waals surface area contributed by atoms with E-state index in [1.807, 2.05) is 24.3 Å². The molecule has 0 saturated carbocycles. The van der Waals surface area contributed by atoms with Gasteiger partial charge < -0.3 is 38.6 Å². The van der Waals surface area contributed by atoms with E-state index in [4.69, 9.17) is 28.7 Å². The van der Waals surface area contributed by atoms with Crippen LogP contribution in [-0.2, 0) is 4.74 Å². The molecule has 64 heavy (non-hydrogen) atoms. The molecule has 0 aliphatic carbocycles. The fraction of sp³-hybridized carbons (Fsp3) is 0.308. The zero-order valence-electron chi connectivity index (χ0n) is 37.0. The Morgan fingerprint density at radius 3 is 1.45 bits per heavy atom. The molecule has 1 N–H and O–H groups in total. The van der Waals surface area contributed by atoms with Crippen molar-refractivity contribution >= 4 is 55.0 Å². The maximum Gasteiger partial charge on any atom is 0.162 e. The first kappa shape index (κ1) is 42.5. The lowest BCUT2D eigenvalue weighted by Crippen LogP contribution is -2.44. The van der Waals surface area contributed by atoms with Gasteiger partial charge in [0, 0.05) is 67.5 Å². The quantitative estimate of drug-likeness (QED) is 0.141. The predicted octanol–water partition coefficient (Wildman–Crippen LogP) is 9.35. The molecule has 2 aliphatic rings. The second-order valence-corrected chi connectivity index (χ2v) is 16.5. The zero-order chi connectivity index (χ0) is 44.2. The van der Waals surface area contributed by atoms with Gasteiger partial charge in [-0.05, 0) is 64.6 Å². The Hall–Kier alpha value is -6.76. The maximum absolute atomic E-state index is 10.7. The van der Waals surface area contributed by atoms with Gasteiger partial charge in [-0.15, -0.1) is 0 Å². The highest BCUT2D eigenvalue weighted by atomic mass is 16.5. The van der Waals surface area contributed by atoms with Gasteiger partial charge in [0.25, 0.3) is 0 Å². The molecule has 0 radical (unpaired) electrons. The van der Waals surface area contributed by atoms with Crippen molar-refractivity contribution in [3.05, 3.63) is 133 Å². The van der Waals surface area contributed by atoms with Crippen LogP contribution in [0.2, 0.25) is 0 Å². The Morgan fingerprint density at radius 2 is 0.969 bits per heavy atom. The van der Waals surface area contributed by atoms with Crippen LogP contribution in [-0.4, -0.2) is 98.5 Å². The lowest BCUT2D eigenvalue weighted by atomic mass is 9.88. The molecule has 328 valence electrons. The summed E-state index contributed by atoms with van der Waals surface area (Å²) in [7, 11) is 6.51. The second-order valence-electron chi connectivity index (χ2n) is 16.5. The van der Waals surface area contributed by atoms with Crippen molar-refractivity contribution in [2.75, 3.05) is 71.0 Å². The van der Waals surface area contributed by atoms with Crippen molar-refractivity contribution in [1.29, 1.82) is 0 Å². The number of nitrogens with zero attached hydrogens (tertiary/aromatic N) is 6. The average molecular weight is 859 g/mol. The van der Waals surface area contributed by atoms with E-state index in [2.05, 4.69) is 117 Å². The number of ether oxygens (including phenoxy) is 5. The van der Waals surface area contributed by atoms with Crippen LogP contribution in [0, 0.1) is 0 Å². The van der Waals surface area contributed by atoms with Crippen LogP contribution < -0.4 is 28.7 Å². The van der Waals surface area contributed by atoms with Gasteiger partial charge in [-0.3, -0.25) is 0 Å². The van der Waals surface area contributed by atoms with Crippen molar-refractivity contribution in [2.45, 2.75) is 43.8 Å². The van der Waals surface area contributed by atoms with Gasteiger partial charge in [0.15, 0.2) is 23.0 Å². The van der Waals surface area contributed by atoms with Gasteiger partial charge in [-0.2, -0.15) is 0 Å². The number of piperidine rings is 2. The summed E-state index contributed by atoms with van der Waals surface area (Å²) in [5, 5.41) is 17.5. The van der Waals surface area contributed by atoms with Gasteiger partial charge in [0.05, 0.1) is 51.7 Å². The summed E-state index contributed by atoms with van der Waals surface area (Å²) >= 11 is 0. The lowest BCUT2D eigenvalue weighted by Gasteiger charge is -2.39. The number of fused-ring (bicyclic) bond motifs is 4. The molecule has 12 heteroatoms. The largest absolute Gasteiger partial charge is 0.493 e. The van der Waals surface area contributed by atoms with Gasteiger partial charge in [-0.1, -0.05) is 84.9 Å². The minimum absolute atomic E-state index is 0.130. The third kappa shape index (κ3) is 8.76. The molecular weight excluding hydrogens is 805 g/mol. The van der Waals surface area contributed by atoms with Crippen LogP contribution >= 0.6 is 0 Å². The first-order valence-corrected chi connectivity index (χ1v) is 21.9. The molecule has 0 spiro atoms. The second kappa shape index (κ2) is 18.9. The maximum atomic E-state index is 10.7. The molecule has 8 aromatic rings. The van der Waals surface area contributed by atoms with Crippen LogP contribution in [0.3, 0.4) is 0 Å². The molecule has 4 heterocycles. The third-order valence-corrected chi connectivity index (χ3v) is 12.6. The molecule has 2 aromatic heterocycles. The van der Waals surface area contributed by atoms with Gasteiger partial charge >= 0.3 is 0 Å². The molecule has 0 amide bonds. The summed E-state index contributed by atoms with van der Waals surface area (Å²) in [5.74, 6) is 4.84. The van der Waals surface area contributed by atoms with E-state index in [1.165, 1.54) is 32.7 Å². The normalized spacial score (nSPS) is 18.8. The van der Waals surface area contributed by atoms with Crippen LogP contribution in [0.15, 0.2) is 122 Å². The van der Waals surface area contributed by atoms with Gasteiger partial charge in [0.2, 0.25) is 0 Å². The Balaban J connectivity index is 0.000000162. The highest BCUT2D eigenvalue weighted by Crippen LogP contribution is 2.40. The predicted molar refractivity (Wildman–Crippen MR) is 254 cm³/mol. The van der Waals surface area contributed by atoms with E-state index in [1.54, 1.807) is 41.1 Å². The Kier molecular flexibility index (Phi) is 12.6. The highest BCUT2D eigenvalue weighted by Gasteiger charge is 2.32. The van der Waals surface area contributed by atoms with Crippen LogP contribution in [0.25, 0.3) is 43.4 Å². The van der Waals surface area contributed by atoms with E-state index in [0.717, 1.165) is 65.9 Å². The van der Waals surface area contributed by atoms with Crippen molar-refractivity contribution in [2.24, 2.45) is 0 Å². The summed E-state index contributed by atoms with van der Waals surface area (Å²) in [5.41, 5.74) is 4.18. The molecule has 0 bridgehead atoms. The third-order valence-electron chi connectivity index (χ3n) is 12.6. The van der Waals surface area contributed by atoms with Crippen LogP contribution in [0.4, 0.5) is 11.6 Å². The fourth-order valence-corrected chi connectivity index (χ4v) is 9.48. The molecular formula is C52H54N6O6. The average Bonchev–Trinajstić information content (AvgIpc) is 3.34. The van der Waals surface area contributed by atoms with Crippen molar-refractivity contribution in [3.8, 4) is 23.0 Å². The number of hydrogen-bond acceptors (Lipinski definition) is 12. The number of benzene rings is 6. The van der Waals surface area contributed by atoms with E-state index in [-0.39, 0.29) is 12.0 Å². The van der Waals surface area contributed by atoms with Crippen molar-refractivity contribution in [3.63, 3.8) is 0 Å². The Bertz CT molecular complexity index is 2910. The molecule has 6 aromatic carbocycles. The monoisotopic (exact) mass is 858 g/mol. The first-order chi connectivity index (χ1) is 31.4. The van der Waals surface area contributed by atoms with Gasteiger partial charge in [0.1, 0.15) is 24.3 Å². The number of aromatic nitrogens is 4. The van der Waals surface area contributed by atoms with Gasteiger partial charge in [-0.25, -0.2) is 19.9 Å². The van der Waals surface area contributed by atoms with E-state index in [9.17, 15) is 5.11 Å². The topological polar surface area (TPSA) is 124 Å². The molecule has 10 rings (SSSR count). The summed E-state index contributed by atoms with van der Waals surface area (Å²) < 4.78 is 28.1. The fourth-order valence-electron chi connectivity index (χ4n) is 9.48. The first-order valence-electron chi connectivity index (χ1n) is 21.9. The number of rotatable bonds is 10. The minimum Gasteiger partial charge on any atom is -0.493 e. The number of β-amino-alcohol motifs (C(OH)–C–C–N with tert-alkyl or cyclic N) is 1. The summed E-state index contributed by atoms with van der Waals surface area (Å²) in [6.07, 6.45) is 4.60. The minimum atomic E-state index is -0.435. The summed E-state index contributed by atoms with van der Waals surface area (Å²) in [6, 6.07) is 37.9. The van der Waals surface area contributed by atoms with Crippen LogP contribution in [0.5, 0.6) is 23.0 Å². The number of anilines is 2. The SMILES string of the molecule is CCOC1CC(c2ccc3ccccc3c2)CN(c2ncnc3cc(OC)c(OC)cc23)C1.COc1cc2ncnc(N3CC(O)CC(c4ccc5ccccc5c4)C3)c2cc1OC. The Morgan fingerprint density at radius 1 is 0.516 bits per heavy atom. The standard InChI is InChI=1S/C27H29N3O3.C25H25N3O3/c1-4-33-22-12-21(20-10-9-18-7-5-6-8-19(18)11-20)15-30(16-22)27-23-13-25(31-2)26(32-3)14-24(23)28-17-29-27;1-30-23-11-21-22(12-24(23)31-2)26-15-27-25(21)28-13-19(10-20(29)14-28)18-8-7-16-5-3-4-6-17(16)9-18/h5-11,13-14,17,21-22H,4,12,15-16H2,1-3H3;3-9,11-12,15,19-20,29H,10,13-14H2,1-2H3. The summed E-state index contributed by atoms with van der Waals surface area (Å²) in [4.78, 5) is 22.7. The van der Waals surface area contributed by atoms with Crippen LogP contribution in [0.1, 0.15) is 42.7 Å². The molecule has 2 saturated heterocycles. The summed E-state index contributed by atoms with van der Waals surface area (Å²) in [6.45, 7) is 5.71. The number of aliphatic hydroxyl groups excluding tert-OH is 1. The van der Waals surface area contributed by atoms with E-state index in [0.29, 0.717) is 42.1 Å². The van der Waals surface area contributed by atoms with Crippen molar-refractivity contribution < 1.29 is 28.8 Å².